The Morgan fingerprint density at radius 3 is 2.22 bits per heavy atom. The third kappa shape index (κ3) is 2.28. The van der Waals surface area contributed by atoms with E-state index in [2.05, 4.69) is 5.32 Å². The van der Waals surface area contributed by atoms with E-state index >= 15 is 0 Å². The topological polar surface area (TPSA) is 69.6 Å². The quantitative estimate of drug-likeness (QED) is 0.713. The monoisotopic (exact) mass is 247 g/mol. The van der Waals surface area contributed by atoms with Crippen LogP contribution in [0, 0.1) is 11.8 Å². The molecule has 0 aliphatic heterocycles. The first-order chi connectivity index (χ1) is 8.65. The molecule has 0 unspecified atom stereocenters. The van der Waals surface area contributed by atoms with Gasteiger partial charge in [-0.1, -0.05) is 0 Å². The molecule has 2 aliphatic rings. The number of phenols is 2. The number of carbonyl (C=O) groups is 1. The van der Waals surface area contributed by atoms with Gasteiger partial charge in [0, 0.05) is 11.6 Å². The van der Waals surface area contributed by atoms with Gasteiger partial charge in [-0.15, -0.1) is 0 Å². The Morgan fingerprint density at radius 1 is 1.11 bits per heavy atom. The summed E-state index contributed by atoms with van der Waals surface area (Å²) in [4.78, 5) is 12.1. The van der Waals surface area contributed by atoms with Gasteiger partial charge in [0.1, 0.15) is 0 Å². The molecule has 0 heterocycles. The Bertz CT molecular complexity index is 466. The molecule has 18 heavy (non-hydrogen) atoms. The largest absolute Gasteiger partial charge is 0.504 e. The first kappa shape index (κ1) is 11.4. The third-order valence-electron chi connectivity index (χ3n) is 3.80. The molecule has 1 aromatic carbocycles. The molecule has 96 valence electrons. The van der Waals surface area contributed by atoms with Gasteiger partial charge >= 0.3 is 0 Å². The van der Waals surface area contributed by atoms with Crippen LogP contribution in [-0.2, 0) is 0 Å². The second kappa shape index (κ2) is 4.19. The molecule has 2 fully saturated rings. The van der Waals surface area contributed by atoms with E-state index in [-0.39, 0.29) is 17.4 Å². The highest BCUT2D eigenvalue weighted by Crippen LogP contribution is 2.44. The zero-order valence-corrected chi connectivity index (χ0v) is 10.1. The predicted molar refractivity (Wildman–Crippen MR) is 66.5 cm³/mol. The zero-order chi connectivity index (χ0) is 12.7. The van der Waals surface area contributed by atoms with Crippen molar-refractivity contribution in [3.8, 4) is 11.5 Å². The van der Waals surface area contributed by atoms with Crippen molar-refractivity contribution < 1.29 is 15.0 Å². The molecular weight excluding hydrogens is 230 g/mol. The van der Waals surface area contributed by atoms with Crippen LogP contribution in [0.5, 0.6) is 11.5 Å². The van der Waals surface area contributed by atoms with Crippen molar-refractivity contribution in [3.63, 3.8) is 0 Å². The van der Waals surface area contributed by atoms with Crippen molar-refractivity contribution in [2.45, 2.75) is 31.7 Å². The number of carbonyl (C=O) groups excluding carboxylic acids is 1. The minimum atomic E-state index is -0.253. The Balaban J connectivity index is 1.71. The second-order valence-electron chi connectivity index (χ2n) is 5.38. The summed E-state index contributed by atoms with van der Waals surface area (Å²) in [5, 5.41) is 21.7. The van der Waals surface area contributed by atoms with Crippen LogP contribution in [0.4, 0.5) is 0 Å². The van der Waals surface area contributed by atoms with E-state index in [1.807, 2.05) is 0 Å². The SMILES string of the molecule is O=C(NC(C1CC1)C1CC1)c1ccc(O)c(O)c1. The summed E-state index contributed by atoms with van der Waals surface area (Å²) in [5.41, 5.74) is 0.400. The van der Waals surface area contributed by atoms with Crippen molar-refractivity contribution in [3.05, 3.63) is 23.8 Å². The number of rotatable bonds is 4. The summed E-state index contributed by atoms with van der Waals surface area (Å²) >= 11 is 0. The van der Waals surface area contributed by atoms with Crippen molar-refractivity contribution in [2.75, 3.05) is 0 Å². The molecule has 4 nitrogen and oxygen atoms in total. The van der Waals surface area contributed by atoms with E-state index in [1.165, 1.54) is 43.9 Å². The van der Waals surface area contributed by atoms with Crippen LogP contribution in [0.3, 0.4) is 0 Å². The summed E-state index contributed by atoms with van der Waals surface area (Å²) in [6.45, 7) is 0. The van der Waals surface area contributed by atoms with Crippen LogP contribution in [-0.4, -0.2) is 22.2 Å². The number of nitrogens with one attached hydrogen (secondary N) is 1. The van der Waals surface area contributed by atoms with Crippen LogP contribution in [0.2, 0.25) is 0 Å². The summed E-state index contributed by atoms with van der Waals surface area (Å²) in [6.07, 6.45) is 4.84. The highest BCUT2D eigenvalue weighted by molar-refractivity contribution is 5.95. The van der Waals surface area contributed by atoms with Crippen molar-refractivity contribution in [1.29, 1.82) is 0 Å². The lowest BCUT2D eigenvalue weighted by Crippen LogP contribution is -2.38. The van der Waals surface area contributed by atoms with E-state index in [1.54, 1.807) is 0 Å². The van der Waals surface area contributed by atoms with Crippen LogP contribution in [0.15, 0.2) is 18.2 Å². The summed E-state index contributed by atoms with van der Waals surface area (Å²) in [6, 6.07) is 4.48. The minimum absolute atomic E-state index is 0.158. The predicted octanol–water partition coefficient (Wildman–Crippen LogP) is 2.02. The van der Waals surface area contributed by atoms with E-state index in [4.69, 9.17) is 0 Å². The standard InChI is InChI=1S/C14H17NO3/c16-11-6-5-10(7-12(11)17)14(18)15-13(8-1-2-8)9-3-4-9/h5-9,13,16-17H,1-4H2,(H,15,18). The maximum absolute atomic E-state index is 12.1. The van der Waals surface area contributed by atoms with Gasteiger partial charge in [0.2, 0.25) is 0 Å². The number of benzene rings is 1. The normalized spacial score (nSPS) is 18.9. The van der Waals surface area contributed by atoms with Crippen molar-refractivity contribution in [2.24, 2.45) is 11.8 Å². The number of amides is 1. The zero-order valence-electron chi connectivity index (χ0n) is 10.1. The van der Waals surface area contributed by atoms with Crippen molar-refractivity contribution in [1.82, 2.24) is 5.32 Å². The van der Waals surface area contributed by atoms with Crippen LogP contribution >= 0.6 is 0 Å². The Hall–Kier alpha value is -1.71. The molecule has 3 N–H and O–H groups in total. The van der Waals surface area contributed by atoms with Gasteiger partial charge in [-0.2, -0.15) is 0 Å². The summed E-state index contributed by atoms with van der Waals surface area (Å²) < 4.78 is 0. The molecule has 1 aromatic rings. The lowest BCUT2D eigenvalue weighted by atomic mass is 10.1. The molecule has 2 aliphatic carbocycles. The van der Waals surface area contributed by atoms with Gasteiger partial charge in [-0.05, 0) is 55.7 Å². The number of phenolic OH excluding ortho intramolecular Hbond substituents is 2. The minimum Gasteiger partial charge on any atom is -0.504 e. The lowest BCUT2D eigenvalue weighted by Gasteiger charge is -2.17. The number of hydrogen-bond donors (Lipinski definition) is 3. The first-order valence-electron chi connectivity index (χ1n) is 6.48. The Kier molecular flexibility index (Phi) is 2.65. The molecule has 0 atom stereocenters. The highest BCUT2D eigenvalue weighted by atomic mass is 16.3. The molecule has 2 saturated carbocycles. The Morgan fingerprint density at radius 2 is 1.72 bits per heavy atom. The number of hydrogen-bond acceptors (Lipinski definition) is 3. The van der Waals surface area contributed by atoms with Crippen molar-refractivity contribution >= 4 is 5.91 Å². The Labute approximate surface area is 106 Å². The van der Waals surface area contributed by atoms with Gasteiger partial charge in [0.15, 0.2) is 11.5 Å². The third-order valence-corrected chi connectivity index (χ3v) is 3.80. The molecule has 3 rings (SSSR count). The van der Waals surface area contributed by atoms with E-state index in [9.17, 15) is 15.0 Å². The highest BCUT2D eigenvalue weighted by Gasteiger charge is 2.42. The van der Waals surface area contributed by atoms with Gasteiger partial charge in [-0.25, -0.2) is 0 Å². The molecule has 0 spiro atoms. The van der Waals surface area contributed by atoms with E-state index < -0.39 is 0 Å². The molecule has 1 amide bonds. The second-order valence-corrected chi connectivity index (χ2v) is 5.38. The molecule has 0 saturated heterocycles. The van der Waals surface area contributed by atoms with Crippen LogP contribution in [0.1, 0.15) is 36.0 Å². The van der Waals surface area contributed by atoms with Crippen LogP contribution in [0.25, 0.3) is 0 Å². The van der Waals surface area contributed by atoms with Gasteiger partial charge in [0.05, 0.1) is 0 Å². The maximum atomic E-state index is 12.1. The fourth-order valence-corrected chi connectivity index (χ4v) is 2.43. The van der Waals surface area contributed by atoms with Gasteiger partial charge in [-0.3, -0.25) is 4.79 Å². The van der Waals surface area contributed by atoms with Crippen LogP contribution < -0.4 is 5.32 Å². The fourth-order valence-electron chi connectivity index (χ4n) is 2.43. The smallest absolute Gasteiger partial charge is 0.251 e. The average Bonchev–Trinajstić information content (AvgIpc) is 3.22. The molecule has 0 aromatic heterocycles. The maximum Gasteiger partial charge on any atom is 0.251 e. The molecule has 0 bridgehead atoms. The van der Waals surface area contributed by atoms with Gasteiger partial charge in [0.25, 0.3) is 5.91 Å². The lowest BCUT2D eigenvalue weighted by molar-refractivity contribution is 0.0926. The summed E-state index contributed by atoms with van der Waals surface area (Å²) in [5.74, 6) is 0.679. The number of aromatic hydroxyl groups is 2. The van der Waals surface area contributed by atoms with E-state index in [0.717, 1.165) is 0 Å². The average molecular weight is 247 g/mol. The summed E-state index contributed by atoms with van der Waals surface area (Å²) in [7, 11) is 0. The van der Waals surface area contributed by atoms with Gasteiger partial charge < -0.3 is 15.5 Å². The molecular formula is C14H17NO3. The fraction of sp³-hybridized carbons (Fsp3) is 0.500. The first-order valence-corrected chi connectivity index (χ1v) is 6.48. The van der Waals surface area contributed by atoms with E-state index in [0.29, 0.717) is 23.4 Å². The molecule has 0 radical (unpaired) electrons. The molecule has 4 heteroatoms.